The van der Waals surface area contributed by atoms with Crippen LogP contribution in [-0.2, 0) is 0 Å². The molecule has 0 rings (SSSR count). The number of amidine groups is 1. The highest BCUT2D eigenvalue weighted by Gasteiger charge is 1.89. The van der Waals surface area contributed by atoms with Gasteiger partial charge in [0, 0.05) is 5.70 Å². The first-order chi connectivity index (χ1) is 5.04. The lowest BCUT2D eigenvalue weighted by atomic mass is 10.3. The Balaban J connectivity index is 0. The largest absolute Gasteiger partial charge is 0.383 e. The van der Waals surface area contributed by atoms with Crippen LogP contribution in [0.3, 0.4) is 0 Å². The third kappa shape index (κ3) is 8.95. The molecule has 0 aromatic rings. The molecule has 0 aliphatic heterocycles. The van der Waals surface area contributed by atoms with E-state index in [1.165, 1.54) is 0 Å². The average Bonchev–Trinajstić information content (AvgIpc) is 1.90. The summed E-state index contributed by atoms with van der Waals surface area (Å²) in [4.78, 5) is 3.88. The molecule has 0 atom stereocenters. The SMILES string of the molecule is C=C(C)N=C(N)C(=C)C.CC. The van der Waals surface area contributed by atoms with Crippen LogP contribution >= 0.6 is 0 Å². The van der Waals surface area contributed by atoms with Crippen molar-refractivity contribution < 1.29 is 0 Å². The molecule has 2 N–H and O–H groups in total. The normalized spacial score (nSPS) is 9.64. The molecule has 0 heterocycles. The van der Waals surface area contributed by atoms with E-state index in [0.717, 1.165) is 5.57 Å². The molecule has 0 saturated heterocycles. The van der Waals surface area contributed by atoms with Crippen molar-refractivity contribution in [3.63, 3.8) is 0 Å². The molecular weight excluding hydrogens is 136 g/mol. The van der Waals surface area contributed by atoms with Crippen molar-refractivity contribution >= 4 is 5.84 Å². The number of rotatable bonds is 2. The van der Waals surface area contributed by atoms with Gasteiger partial charge < -0.3 is 5.73 Å². The summed E-state index contributed by atoms with van der Waals surface area (Å²) < 4.78 is 0. The molecule has 0 saturated carbocycles. The molecule has 0 amide bonds. The minimum absolute atomic E-state index is 0.461. The number of hydrogen-bond acceptors (Lipinski definition) is 1. The van der Waals surface area contributed by atoms with E-state index in [4.69, 9.17) is 5.73 Å². The van der Waals surface area contributed by atoms with E-state index < -0.39 is 0 Å². The molecule has 0 fully saturated rings. The second-order valence-corrected chi connectivity index (χ2v) is 2.01. The smallest absolute Gasteiger partial charge is 0.125 e. The van der Waals surface area contributed by atoms with Gasteiger partial charge in [0.15, 0.2) is 0 Å². The van der Waals surface area contributed by atoms with Gasteiger partial charge >= 0.3 is 0 Å². The van der Waals surface area contributed by atoms with Gasteiger partial charge in [-0.3, -0.25) is 0 Å². The minimum Gasteiger partial charge on any atom is -0.383 e. The zero-order chi connectivity index (χ0) is 9.44. The molecule has 0 radical (unpaired) electrons. The first-order valence-corrected chi connectivity index (χ1v) is 3.69. The van der Waals surface area contributed by atoms with Gasteiger partial charge in [0.1, 0.15) is 5.84 Å². The van der Waals surface area contributed by atoms with E-state index in [1.54, 1.807) is 6.92 Å². The predicted molar refractivity (Wildman–Crippen MR) is 52.6 cm³/mol. The summed E-state index contributed by atoms with van der Waals surface area (Å²) in [5.41, 5.74) is 6.89. The zero-order valence-electron chi connectivity index (χ0n) is 7.94. The molecule has 11 heavy (non-hydrogen) atoms. The molecule has 0 aliphatic rings. The molecule has 0 aromatic carbocycles. The Hall–Kier alpha value is -1.05. The molecule has 0 spiro atoms. The van der Waals surface area contributed by atoms with Crippen LogP contribution in [-0.4, -0.2) is 5.84 Å². The van der Waals surface area contributed by atoms with E-state index in [9.17, 15) is 0 Å². The third-order valence-corrected chi connectivity index (χ3v) is 0.749. The van der Waals surface area contributed by atoms with E-state index in [-0.39, 0.29) is 0 Å². The summed E-state index contributed by atoms with van der Waals surface area (Å²) >= 11 is 0. The van der Waals surface area contributed by atoms with Crippen molar-refractivity contribution in [2.75, 3.05) is 0 Å². The fraction of sp³-hybridized carbons (Fsp3) is 0.444. The monoisotopic (exact) mass is 154 g/mol. The Labute approximate surface area is 69.5 Å². The summed E-state index contributed by atoms with van der Waals surface area (Å²) in [6.07, 6.45) is 0. The Morgan fingerprint density at radius 2 is 1.55 bits per heavy atom. The molecule has 0 unspecified atom stereocenters. The van der Waals surface area contributed by atoms with Gasteiger partial charge in [-0.15, -0.1) is 0 Å². The first-order valence-electron chi connectivity index (χ1n) is 3.69. The lowest BCUT2D eigenvalue weighted by Crippen LogP contribution is -2.11. The molecule has 2 heteroatoms. The van der Waals surface area contributed by atoms with Gasteiger partial charge in [0.2, 0.25) is 0 Å². The Morgan fingerprint density at radius 3 is 1.64 bits per heavy atom. The van der Waals surface area contributed by atoms with Crippen molar-refractivity contribution in [1.29, 1.82) is 0 Å². The number of nitrogens with two attached hydrogens (primary N) is 1. The Morgan fingerprint density at radius 1 is 1.18 bits per heavy atom. The van der Waals surface area contributed by atoms with Crippen LogP contribution in [0.2, 0.25) is 0 Å². The fourth-order valence-electron chi connectivity index (χ4n) is 0.301. The van der Waals surface area contributed by atoms with Gasteiger partial charge in [0.25, 0.3) is 0 Å². The van der Waals surface area contributed by atoms with Crippen molar-refractivity contribution in [2.45, 2.75) is 27.7 Å². The van der Waals surface area contributed by atoms with Gasteiger partial charge in [-0.1, -0.05) is 27.0 Å². The van der Waals surface area contributed by atoms with Crippen molar-refractivity contribution in [1.82, 2.24) is 0 Å². The molecule has 64 valence electrons. The number of allylic oxidation sites excluding steroid dienone is 1. The topological polar surface area (TPSA) is 38.4 Å². The van der Waals surface area contributed by atoms with E-state index >= 15 is 0 Å². The molecule has 2 nitrogen and oxygen atoms in total. The van der Waals surface area contributed by atoms with Crippen LogP contribution < -0.4 is 5.73 Å². The molecular formula is C9H18N2. The molecule has 0 bridgehead atoms. The summed E-state index contributed by atoms with van der Waals surface area (Å²) in [5, 5.41) is 0. The standard InChI is InChI=1S/C7H12N2.C2H6/c1-5(2)7(8)9-6(3)4;1-2/h1,3H2,2,4H3,(H2,8,9);1-2H3. The van der Waals surface area contributed by atoms with Crippen LogP contribution in [0.4, 0.5) is 0 Å². The van der Waals surface area contributed by atoms with Crippen LogP contribution in [0.5, 0.6) is 0 Å². The summed E-state index contributed by atoms with van der Waals surface area (Å²) in [6.45, 7) is 14.8. The van der Waals surface area contributed by atoms with Crippen LogP contribution in [0, 0.1) is 0 Å². The second kappa shape index (κ2) is 7.06. The predicted octanol–water partition coefficient (Wildman–Crippen LogP) is 2.48. The zero-order valence-corrected chi connectivity index (χ0v) is 7.94. The number of aliphatic imine (C=N–C) groups is 1. The highest BCUT2D eigenvalue weighted by molar-refractivity contribution is 5.96. The van der Waals surface area contributed by atoms with Gasteiger partial charge in [0.05, 0.1) is 0 Å². The summed E-state index contributed by atoms with van der Waals surface area (Å²) in [6, 6.07) is 0. The molecule has 0 aromatic heterocycles. The lowest BCUT2D eigenvalue weighted by molar-refractivity contribution is 1.30. The van der Waals surface area contributed by atoms with Gasteiger partial charge in [-0.25, -0.2) is 4.99 Å². The Bertz CT molecular complexity index is 166. The maximum atomic E-state index is 5.41. The highest BCUT2D eigenvalue weighted by atomic mass is 14.9. The molecule has 0 aliphatic carbocycles. The lowest BCUT2D eigenvalue weighted by Gasteiger charge is -1.95. The van der Waals surface area contributed by atoms with E-state index in [0.29, 0.717) is 11.5 Å². The van der Waals surface area contributed by atoms with Crippen LogP contribution in [0.1, 0.15) is 27.7 Å². The number of hydrogen-bond donors (Lipinski definition) is 1. The maximum Gasteiger partial charge on any atom is 0.125 e. The van der Waals surface area contributed by atoms with Crippen LogP contribution in [0.15, 0.2) is 29.4 Å². The minimum atomic E-state index is 0.461. The van der Waals surface area contributed by atoms with E-state index in [1.807, 2.05) is 20.8 Å². The Kier molecular flexibility index (Phi) is 8.10. The van der Waals surface area contributed by atoms with E-state index in [2.05, 4.69) is 18.2 Å². The van der Waals surface area contributed by atoms with Gasteiger partial charge in [-0.2, -0.15) is 0 Å². The van der Waals surface area contributed by atoms with Gasteiger partial charge in [-0.05, 0) is 19.4 Å². The van der Waals surface area contributed by atoms with Crippen molar-refractivity contribution in [3.05, 3.63) is 24.4 Å². The van der Waals surface area contributed by atoms with Crippen molar-refractivity contribution in [3.8, 4) is 0 Å². The average molecular weight is 154 g/mol. The van der Waals surface area contributed by atoms with Crippen molar-refractivity contribution in [2.24, 2.45) is 10.7 Å². The highest BCUT2D eigenvalue weighted by Crippen LogP contribution is 1.93. The summed E-state index contributed by atoms with van der Waals surface area (Å²) in [7, 11) is 0. The first kappa shape index (κ1) is 12.6. The summed E-state index contributed by atoms with van der Waals surface area (Å²) in [5.74, 6) is 0.461. The fourth-order valence-corrected chi connectivity index (χ4v) is 0.301. The third-order valence-electron chi connectivity index (χ3n) is 0.749. The second-order valence-electron chi connectivity index (χ2n) is 2.01. The quantitative estimate of drug-likeness (QED) is 0.481. The maximum absolute atomic E-state index is 5.41. The number of nitrogens with zero attached hydrogens (tertiary/aromatic N) is 1. The van der Waals surface area contributed by atoms with Crippen LogP contribution in [0.25, 0.3) is 0 Å².